The Kier molecular flexibility index (Phi) is 2.58. The van der Waals surface area contributed by atoms with Crippen molar-refractivity contribution >= 4 is 17.9 Å². The molecule has 3 heteroatoms. The lowest BCUT2D eigenvalue weighted by molar-refractivity contribution is 0.0698. The summed E-state index contributed by atoms with van der Waals surface area (Å²) >= 11 is 0. The van der Waals surface area contributed by atoms with Crippen LogP contribution in [0.2, 0.25) is 0 Å². The molecule has 0 saturated heterocycles. The van der Waals surface area contributed by atoms with Crippen LogP contribution < -0.4 is 0 Å². The van der Waals surface area contributed by atoms with Crippen LogP contribution >= 0.6 is 0 Å². The van der Waals surface area contributed by atoms with Gasteiger partial charge in [-0.15, -0.1) is 0 Å². The minimum absolute atomic E-state index is 0.232. The number of aromatic carboxylic acids is 1. The topological polar surface area (TPSA) is 49.7 Å². The summed E-state index contributed by atoms with van der Waals surface area (Å²) in [6.07, 6.45) is 1.57. The first-order chi connectivity index (χ1) is 5.75. The number of carboxylic acids is 1. The molecule has 0 aromatic heterocycles. The van der Waals surface area contributed by atoms with E-state index in [2.05, 4.69) is 4.99 Å². The average Bonchev–Trinajstić information content (AvgIpc) is 2.05. The summed E-state index contributed by atoms with van der Waals surface area (Å²) < 4.78 is 0. The van der Waals surface area contributed by atoms with Gasteiger partial charge in [0.05, 0.1) is 11.3 Å². The Bertz CT molecular complexity index is 318. The van der Waals surface area contributed by atoms with Gasteiger partial charge in [0.15, 0.2) is 0 Å². The van der Waals surface area contributed by atoms with Crippen molar-refractivity contribution < 1.29 is 9.90 Å². The lowest BCUT2D eigenvalue weighted by Gasteiger charge is -1.97. The third kappa shape index (κ3) is 1.69. The molecule has 3 nitrogen and oxygen atoms in total. The van der Waals surface area contributed by atoms with Gasteiger partial charge in [-0.25, -0.2) is 4.79 Å². The molecular formula is C9H9NO2. The molecule has 1 aromatic carbocycles. The van der Waals surface area contributed by atoms with E-state index in [1.54, 1.807) is 31.3 Å². The molecule has 0 atom stereocenters. The predicted molar refractivity (Wildman–Crippen MR) is 47.2 cm³/mol. The number of hydrogen-bond acceptors (Lipinski definition) is 2. The van der Waals surface area contributed by atoms with Gasteiger partial charge in [0.2, 0.25) is 0 Å². The maximum atomic E-state index is 10.6. The highest BCUT2D eigenvalue weighted by molar-refractivity contribution is 5.93. The number of aliphatic imine (C=N–C) groups is 1. The van der Waals surface area contributed by atoms with Crippen molar-refractivity contribution in [2.75, 3.05) is 0 Å². The summed E-state index contributed by atoms with van der Waals surface area (Å²) in [6, 6.07) is 6.64. The van der Waals surface area contributed by atoms with Gasteiger partial charge in [0.25, 0.3) is 0 Å². The second kappa shape index (κ2) is 3.67. The van der Waals surface area contributed by atoms with Crippen molar-refractivity contribution in [3.63, 3.8) is 0 Å². The molecule has 1 rings (SSSR count). The van der Waals surface area contributed by atoms with Crippen molar-refractivity contribution in [1.82, 2.24) is 0 Å². The van der Waals surface area contributed by atoms with Crippen LogP contribution in [-0.2, 0) is 0 Å². The number of hydrogen-bond donors (Lipinski definition) is 1. The average molecular weight is 163 g/mol. The fourth-order valence-electron chi connectivity index (χ4n) is 0.906. The van der Waals surface area contributed by atoms with Crippen LogP contribution in [0.15, 0.2) is 29.3 Å². The molecule has 0 unspecified atom stereocenters. The third-order valence-corrected chi connectivity index (χ3v) is 1.40. The summed E-state index contributed by atoms with van der Waals surface area (Å²) in [7, 11) is 0. The zero-order chi connectivity index (χ0) is 8.97. The van der Waals surface area contributed by atoms with Crippen molar-refractivity contribution in [2.45, 2.75) is 6.92 Å². The SMILES string of the molecule is C/C=N/c1ccccc1C(=O)O. The molecule has 0 aliphatic rings. The van der Waals surface area contributed by atoms with E-state index in [-0.39, 0.29) is 5.56 Å². The van der Waals surface area contributed by atoms with Crippen LogP contribution in [-0.4, -0.2) is 17.3 Å². The van der Waals surface area contributed by atoms with Gasteiger partial charge in [-0.05, 0) is 19.1 Å². The molecule has 0 saturated carbocycles. The summed E-state index contributed by atoms with van der Waals surface area (Å²) in [5.74, 6) is -0.948. The van der Waals surface area contributed by atoms with Gasteiger partial charge in [0, 0.05) is 6.21 Å². The Morgan fingerprint density at radius 1 is 1.50 bits per heavy atom. The number of nitrogens with zero attached hydrogens (tertiary/aromatic N) is 1. The highest BCUT2D eigenvalue weighted by Crippen LogP contribution is 2.17. The zero-order valence-electron chi connectivity index (χ0n) is 6.69. The second-order valence-electron chi connectivity index (χ2n) is 2.21. The number of para-hydroxylation sites is 1. The molecular weight excluding hydrogens is 154 g/mol. The Balaban J connectivity index is 3.17. The molecule has 0 fully saturated rings. The van der Waals surface area contributed by atoms with Gasteiger partial charge in [-0.2, -0.15) is 0 Å². The number of benzene rings is 1. The molecule has 1 aromatic rings. The minimum Gasteiger partial charge on any atom is -0.478 e. The predicted octanol–water partition coefficient (Wildman–Crippen LogP) is 2.11. The molecule has 0 spiro atoms. The number of carboxylic acid groups (broad SMARTS) is 1. The summed E-state index contributed by atoms with van der Waals surface area (Å²) in [6.45, 7) is 1.75. The van der Waals surface area contributed by atoms with Crippen LogP contribution in [0.4, 0.5) is 5.69 Å². The van der Waals surface area contributed by atoms with Crippen LogP contribution in [0, 0.1) is 0 Å². The van der Waals surface area contributed by atoms with E-state index in [1.807, 2.05) is 0 Å². The lowest BCUT2D eigenvalue weighted by Crippen LogP contribution is -1.95. The lowest BCUT2D eigenvalue weighted by atomic mass is 10.2. The molecule has 0 amide bonds. The normalized spacial score (nSPS) is 10.4. The van der Waals surface area contributed by atoms with E-state index in [0.717, 1.165) is 0 Å². The van der Waals surface area contributed by atoms with Gasteiger partial charge in [-0.1, -0.05) is 12.1 Å². The van der Waals surface area contributed by atoms with Crippen LogP contribution in [0.1, 0.15) is 17.3 Å². The van der Waals surface area contributed by atoms with E-state index >= 15 is 0 Å². The van der Waals surface area contributed by atoms with E-state index in [0.29, 0.717) is 5.69 Å². The number of rotatable bonds is 2. The quantitative estimate of drug-likeness (QED) is 0.679. The molecule has 0 heterocycles. The maximum absolute atomic E-state index is 10.6. The van der Waals surface area contributed by atoms with E-state index in [4.69, 9.17) is 5.11 Å². The van der Waals surface area contributed by atoms with Crippen LogP contribution in [0.5, 0.6) is 0 Å². The fraction of sp³-hybridized carbons (Fsp3) is 0.111. The van der Waals surface area contributed by atoms with Gasteiger partial charge in [0.1, 0.15) is 0 Å². The molecule has 62 valence electrons. The Morgan fingerprint density at radius 2 is 2.17 bits per heavy atom. The van der Waals surface area contributed by atoms with Crippen LogP contribution in [0.3, 0.4) is 0 Å². The van der Waals surface area contributed by atoms with Gasteiger partial charge >= 0.3 is 5.97 Å². The highest BCUT2D eigenvalue weighted by Gasteiger charge is 2.06. The summed E-state index contributed by atoms with van der Waals surface area (Å²) in [5.41, 5.74) is 0.725. The summed E-state index contributed by atoms with van der Waals surface area (Å²) in [4.78, 5) is 14.5. The van der Waals surface area contributed by atoms with Crippen molar-refractivity contribution in [3.8, 4) is 0 Å². The molecule has 0 aliphatic heterocycles. The number of carbonyl (C=O) groups is 1. The Morgan fingerprint density at radius 3 is 2.75 bits per heavy atom. The first kappa shape index (κ1) is 8.46. The van der Waals surface area contributed by atoms with Crippen molar-refractivity contribution in [2.24, 2.45) is 4.99 Å². The smallest absolute Gasteiger partial charge is 0.337 e. The molecule has 0 bridgehead atoms. The Hall–Kier alpha value is -1.64. The zero-order valence-corrected chi connectivity index (χ0v) is 6.69. The molecule has 0 radical (unpaired) electrons. The first-order valence-corrected chi connectivity index (χ1v) is 3.56. The van der Waals surface area contributed by atoms with Gasteiger partial charge < -0.3 is 5.11 Å². The van der Waals surface area contributed by atoms with Crippen LogP contribution in [0.25, 0.3) is 0 Å². The van der Waals surface area contributed by atoms with Crippen molar-refractivity contribution in [1.29, 1.82) is 0 Å². The summed E-state index contributed by atoms with van der Waals surface area (Å²) in [5, 5.41) is 8.72. The Labute approximate surface area is 70.4 Å². The van der Waals surface area contributed by atoms with Crippen molar-refractivity contribution in [3.05, 3.63) is 29.8 Å². The van der Waals surface area contributed by atoms with E-state index < -0.39 is 5.97 Å². The highest BCUT2D eigenvalue weighted by atomic mass is 16.4. The second-order valence-corrected chi connectivity index (χ2v) is 2.21. The van der Waals surface area contributed by atoms with E-state index in [9.17, 15) is 4.79 Å². The standard InChI is InChI=1S/C9H9NO2/c1-2-10-8-6-4-3-5-7(8)9(11)12/h2-6H,1H3,(H,11,12)/b10-2+. The molecule has 12 heavy (non-hydrogen) atoms. The minimum atomic E-state index is -0.948. The molecule has 1 N–H and O–H groups in total. The third-order valence-electron chi connectivity index (χ3n) is 1.40. The molecule has 0 aliphatic carbocycles. The van der Waals surface area contributed by atoms with E-state index in [1.165, 1.54) is 6.07 Å². The monoisotopic (exact) mass is 163 g/mol. The maximum Gasteiger partial charge on any atom is 0.337 e. The largest absolute Gasteiger partial charge is 0.478 e. The first-order valence-electron chi connectivity index (χ1n) is 3.56. The fourth-order valence-corrected chi connectivity index (χ4v) is 0.906. The van der Waals surface area contributed by atoms with Gasteiger partial charge in [-0.3, -0.25) is 4.99 Å².